The zero-order valence-electron chi connectivity index (χ0n) is 21.6. The van der Waals surface area contributed by atoms with E-state index in [2.05, 4.69) is 11.1 Å². The highest BCUT2D eigenvalue weighted by Gasteiger charge is 2.40. The topological polar surface area (TPSA) is 80.5 Å². The lowest BCUT2D eigenvalue weighted by molar-refractivity contribution is -0.134. The number of piperidine rings is 1. The Bertz CT molecular complexity index is 1480. The van der Waals surface area contributed by atoms with Gasteiger partial charge in [-0.1, -0.05) is 18.2 Å². The van der Waals surface area contributed by atoms with Gasteiger partial charge in [-0.15, -0.1) is 0 Å². The molecule has 2 aliphatic heterocycles. The van der Waals surface area contributed by atoms with Gasteiger partial charge in [0.25, 0.3) is 5.91 Å². The molecule has 1 saturated carbocycles. The number of aromatic nitrogens is 1. The summed E-state index contributed by atoms with van der Waals surface area (Å²) in [4.78, 5) is 36.3. The summed E-state index contributed by atoms with van der Waals surface area (Å²) in [5.41, 5.74) is 0.915. The summed E-state index contributed by atoms with van der Waals surface area (Å²) in [7, 11) is 0. The maximum atomic E-state index is 14.7. The van der Waals surface area contributed by atoms with Crippen LogP contribution in [0.1, 0.15) is 41.6 Å². The second kappa shape index (κ2) is 9.92. The molecule has 1 aromatic heterocycles. The molecule has 0 N–H and O–H groups in total. The largest absolute Gasteiger partial charge is 0.370 e. The number of anilines is 1. The van der Waals surface area contributed by atoms with Gasteiger partial charge >= 0.3 is 0 Å². The molecule has 7 nitrogen and oxygen atoms in total. The van der Waals surface area contributed by atoms with Crippen molar-refractivity contribution in [2.75, 3.05) is 44.2 Å². The Morgan fingerprint density at radius 1 is 0.949 bits per heavy atom. The third kappa shape index (κ3) is 4.58. The Labute approximate surface area is 225 Å². The lowest BCUT2D eigenvalue weighted by Crippen LogP contribution is -2.51. The second-order valence-electron chi connectivity index (χ2n) is 10.7. The summed E-state index contributed by atoms with van der Waals surface area (Å²) < 4.78 is 29.1. The van der Waals surface area contributed by atoms with Gasteiger partial charge in [0.1, 0.15) is 11.6 Å². The SMILES string of the molecule is N#CC1(c2ccccc2F)CCN(c2c(C(=O)N3CCN(C(=O)C4CC4)CC3)cnc3ccc(F)cc23)CC1. The first-order chi connectivity index (χ1) is 18.9. The van der Waals surface area contributed by atoms with Crippen molar-refractivity contribution in [3.05, 3.63) is 71.4 Å². The van der Waals surface area contributed by atoms with Crippen LogP contribution in [0.2, 0.25) is 0 Å². The first-order valence-electron chi connectivity index (χ1n) is 13.5. The van der Waals surface area contributed by atoms with Crippen LogP contribution in [0.15, 0.2) is 48.7 Å². The number of hydrogen-bond acceptors (Lipinski definition) is 5. The molecule has 2 aromatic carbocycles. The molecule has 6 rings (SSSR count). The molecule has 9 heteroatoms. The van der Waals surface area contributed by atoms with E-state index in [9.17, 15) is 23.6 Å². The summed E-state index contributed by atoms with van der Waals surface area (Å²) in [6.45, 7) is 2.60. The predicted octanol–water partition coefficient (Wildman–Crippen LogP) is 4.27. The zero-order valence-corrected chi connectivity index (χ0v) is 21.6. The number of rotatable bonds is 4. The summed E-state index contributed by atoms with van der Waals surface area (Å²) in [6.07, 6.45) is 4.15. The summed E-state index contributed by atoms with van der Waals surface area (Å²) in [5.74, 6) is -0.734. The minimum Gasteiger partial charge on any atom is -0.370 e. The van der Waals surface area contributed by atoms with Crippen LogP contribution in [-0.4, -0.2) is 65.9 Å². The molecule has 0 atom stereocenters. The van der Waals surface area contributed by atoms with Gasteiger partial charge in [-0.3, -0.25) is 14.6 Å². The van der Waals surface area contributed by atoms with E-state index in [4.69, 9.17) is 0 Å². The number of carbonyl (C=O) groups is 2. The lowest BCUT2D eigenvalue weighted by Gasteiger charge is -2.40. The fourth-order valence-electron chi connectivity index (χ4n) is 5.94. The molecule has 3 fully saturated rings. The van der Waals surface area contributed by atoms with E-state index in [1.54, 1.807) is 35.4 Å². The Morgan fingerprint density at radius 2 is 1.64 bits per heavy atom. The molecule has 3 aliphatic rings. The number of halogens is 2. The number of carbonyl (C=O) groups excluding carboxylic acids is 2. The fourth-order valence-corrected chi connectivity index (χ4v) is 5.94. The van der Waals surface area contributed by atoms with Crippen LogP contribution in [0, 0.1) is 28.9 Å². The van der Waals surface area contributed by atoms with Crippen molar-refractivity contribution in [3.8, 4) is 6.07 Å². The highest BCUT2D eigenvalue weighted by Crippen LogP contribution is 2.40. The Morgan fingerprint density at radius 3 is 2.31 bits per heavy atom. The smallest absolute Gasteiger partial charge is 0.257 e. The lowest BCUT2D eigenvalue weighted by atomic mass is 9.73. The van der Waals surface area contributed by atoms with Gasteiger partial charge in [-0.2, -0.15) is 5.26 Å². The number of piperazine rings is 1. The van der Waals surface area contributed by atoms with E-state index in [0.29, 0.717) is 79.8 Å². The Kier molecular flexibility index (Phi) is 6.42. The van der Waals surface area contributed by atoms with Crippen LogP contribution >= 0.6 is 0 Å². The summed E-state index contributed by atoms with van der Waals surface area (Å²) in [5, 5.41) is 10.6. The predicted molar refractivity (Wildman–Crippen MR) is 142 cm³/mol. The number of nitrogens with zero attached hydrogens (tertiary/aromatic N) is 5. The Balaban J connectivity index is 1.30. The zero-order chi connectivity index (χ0) is 27.1. The molecular weight excluding hydrogens is 500 g/mol. The number of pyridine rings is 1. The van der Waals surface area contributed by atoms with E-state index in [-0.39, 0.29) is 17.7 Å². The molecule has 3 heterocycles. The third-order valence-electron chi connectivity index (χ3n) is 8.37. The van der Waals surface area contributed by atoms with Crippen molar-refractivity contribution in [2.24, 2.45) is 5.92 Å². The van der Waals surface area contributed by atoms with E-state index >= 15 is 0 Å². The molecule has 200 valence electrons. The normalized spacial score (nSPS) is 19.2. The number of nitriles is 1. The average molecular weight is 530 g/mol. The molecule has 0 spiro atoms. The van der Waals surface area contributed by atoms with Crippen LogP contribution in [0.25, 0.3) is 10.9 Å². The number of fused-ring (bicyclic) bond motifs is 1. The Hall–Kier alpha value is -4.06. The van der Waals surface area contributed by atoms with Gasteiger partial charge in [0, 0.05) is 62.3 Å². The summed E-state index contributed by atoms with van der Waals surface area (Å²) >= 11 is 0. The molecule has 3 aromatic rings. The van der Waals surface area contributed by atoms with Gasteiger partial charge in [-0.25, -0.2) is 8.78 Å². The van der Waals surface area contributed by atoms with Crippen LogP contribution < -0.4 is 4.90 Å². The van der Waals surface area contributed by atoms with Gasteiger partial charge in [0.15, 0.2) is 0 Å². The third-order valence-corrected chi connectivity index (χ3v) is 8.37. The quantitative estimate of drug-likeness (QED) is 0.504. The summed E-state index contributed by atoms with van der Waals surface area (Å²) in [6, 6.07) is 13.1. The van der Waals surface area contributed by atoms with Crippen LogP contribution in [0.3, 0.4) is 0 Å². The molecule has 2 saturated heterocycles. The minimum absolute atomic E-state index is 0.141. The van der Waals surface area contributed by atoms with E-state index in [1.165, 1.54) is 18.2 Å². The molecule has 0 unspecified atom stereocenters. The number of benzene rings is 2. The first kappa shape index (κ1) is 25.2. The highest BCUT2D eigenvalue weighted by atomic mass is 19.1. The van der Waals surface area contributed by atoms with E-state index < -0.39 is 17.0 Å². The molecule has 0 bridgehead atoms. The van der Waals surface area contributed by atoms with Crippen molar-refractivity contribution >= 4 is 28.4 Å². The fraction of sp³-hybridized carbons (Fsp3) is 0.400. The van der Waals surface area contributed by atoms with Crippen LogP contribution in [-0.2, 0) is 10.2 Å². The van der Waals surface area contributed by atoms with Gasteiger partial charge in [-0.05, 0) is 49.9 Å². The van der Waals surface area contributed by atoms with Crippen molar-refractivity contribution in [1.29, 1.82) is 5.26 Å². The van der Waals surface area contributed by atoms with Crippen molar-refractivity contribution in [2.45, 2.75) is 31.1 Å². The maximum Gasteiger partial charge on any atom is 0.257 e. The highest BCUT2D eigenvalue weighted by molar-refractivity contribution is 6.07. The molecule has 0 radical (unpaired) electrons. The standard InChI is InChI=1S/C30H29F2N5O2/c31-21-7-8-26-22(17-21)27(35-11-9-30(19-33,10-12-35)24-3-1-2-4-25(24)32)23(18-34-26)29(39)37-15-13-36(14-16-37)28(38)20-5-6-20/h1-4,7-8,17-18,20H,5-6,9-16H2. The minimum atomic E-state index is -0.982. The molecule has 2 amide bonds. The number of amides is 2. The molecular formula is C30H29F2N5O2. The van der Waals surface area contributed by atoms with Gasteiger partial charge < -0.3 is 14.7 Å². The number of hydrogen-bond donors (Lipinski definition) is 0. The van der Waals surface area contributed by atoms with Gasteiger partial charge in [0.2, 0.25) is 5.91 Å². The maximum absolute atomic E-state index is 14.7. The van der Waals surface area contributed by atoms with Gasteiger partial charge in [0.05, 0.1) is 28.3 Å². The van der Waals surface area contributed by atoms with Crippen molar-refractivity contribution < 1.29 is 18.4 Å². The van der Waals surface area contributed by atoms with Crippen molar-refractivity contribution in [3.63, 3.8) is 0 Å². The monoisotopic (exact) mass is 529 g/mol. The van der Waals surface area contributed by atoms with Crippen LogP contribution in [0.5, 0.6) is 0 Å². The average Bonchev–Trinajstić information content (AvgIpc) is 3.82. The molecule has 1 aliphatic carbocycles. The van der Waals surface area contributed by atoms with E-state index in [1.807, 2.05) is 9.80 Å². The van der Waals surface area contributed by atoms with Crippen LogP contribution in [0.4, 0.5) is 14.5 Å². The first-order valence-corrected chi connectivity index (χ1v) is 13.5. The molecule has 39 heavy (non-hydrogen) atoms. The second-order valence-corrected chi connectivity index (χ2v) is 10.7. The van der Waals surface area contributed by atoms with E-state index in [0.717, 1.165) is 12.8 Å². The van der Waals surface area contributed by atoms with Crippen molar-refractivity contribution in [1.82, 2.24) is 14.8 Å².